The van der Waals surface area contributed by atoms with Crippen molar-refractivity contribution in [1.82, 2.24) is 0 Å². The summed E-state index contributed by atoms with van der Waals surface area (Å²) in [6.45, 7) is 1.73. The van der Waals surface area contributed by atoms with E-state index >= 15 is 0 Å². The van der Waals surface area contributed by atoms with Gasteiger partial charge in [0.05, 0.1) is 5.02 Å². The third-order valence-electron chi connectivity index (χ3n) is 2.59. The predicted molar refractivity (Wildman–Crippen MR) is 77.8 cm³/mol. The molecule has 0 saturated heterocycles. The molecule has 0 atom stereocenters. The fourth-order valence-corrected chi connectivity index (χ4v) is 2.29. The summed E-state index contributed by atoms with van der Waals surface area (Å²) in [5.41, 5.74) is 1.55. The summed E-state index contributed by atoms with van der Waals surface area (Å²) in [4.78, 5) is 11.5. The highest BCUT2D eigenvalue weighted by Gasteiger charge is 2.14. The van der Waals surface area contributed by atoms with Crippen molar-refractivity contribution in [3.63, 3.8) is 0 Å². The van der Waals surface area contributed by atoms with Crippen LogP contribution in [0.3, 0.4) is 0 Å². The second-order valence-electron chi connectivity index (χ2n) is 3.95. The van der Waals surface area contributed by atoms with Gasteiger partial charge in [-0.2, -0.15) is 0 Å². The standard InChI is InChI=1S/C15H12Cl2O2/c1-2-14(18)19-13-9-11(16)8-12(17)15(13)10-6-4-3-5-7-10/h3-9H,2H2,1H3. The Bertz CT molecular complexity index is 595. The number of carbonyl (C=O) groups is 1. The Morgan fingerprint density at radius 3 is 2.47 bits per heavy atom. The normalized spacial score (nSPS) is 10.3. The van der Waals surface area contributed by atoms with Crippen LogP contribution in [0.15, 0.2) is 42.5 Å². The van der Waals surface area contributed by atoms with Crippen LogP contribution in [0, 0.1) is 0 Å². The lowest BCUT2D eigenvalue weighted by molar-refractivity contribution is -0.133. The fourth-order valence-electron chi connectivity index (χ4n) is 1.71. The van der Waals surface area contributed by atoms with Crippen LogP contribution >= 0.6 is 23.2 Å². The molecule has 0 spiro atoms. The van der Waals surface area contributed by atoms with Gasteiger partial charge >= 0.3 is 5.97 Å². The zero-order valence-electron chi connectivity index (χ0n) is 10.3. The maximum absolute atomic E-state index is 11.5. The van der Waals surface area contributed by atoms with Gasteiger partial charge in [-0.3, -0.25) is 4.79 Å². The molecule has 0 aromatic heterocycles. The Morgan fingerprint density at radius 1 is 1.16 bits per heavy atom. The summed E-state index contributed by atoms with van der Waals surface area (Å²) < 4.78 is 5.30. The number of hydrogen-bond acceptors (Lipinski definition) is 2. The van der Waals surface area contributed by atoms with Crippen molar-refractivity contribution < 1.29 is 9.53 Å². The van der Waals surface area contributed by atoms with E-state index in [2.05, 4.69) is 0 Å². The van der Waals surface area contributed by atoms with E-state index in [4.69, 9.17) is 27.9 Å². The third kappa shape index (κ3) is 3.28. The number of ether oxygens (including phenoxy) is 1. The number of halogens is 2. The molecular weight excluding hydrogens is 283 g/mol. The highest BCUT2D eigenvalue weighted by molar-refractivity contribution is 6.37. The number of rotatable bonds is 3. The van der Waals surface area contributed by atoms with E-state index in [1.165, 1.54) is 0 Å². The molecule has 0 aliphatic rings. The smallest absolute Gasteiger partial charge is 0.310 e. The average Bonchev–Trinajstić information content (AvgIpc) is 2.39. The van der Waals surface area contributed by atoms with Gasteiger partial charge in [-0.15, -0.1) is 0 Å². The van der Waals surface area contributed by atoms with Crippen LogP contribution in [0.5, 0.6) is 5.75 Å². The van der Waals surface area contributed by atoms with Crippen molar-refractivity contribution in [2.75, 3.05) is 0 Å². The van der Waals surface area contributed by atoms with Gasteiger partial charge in [0.2, 0.25) is 0 Å². The van der Waals surface area contributed by atoms with Gasteiger partial charge in [0, 0.05) is 23.1 Å². The summed E-state index contributed by atoms with van der Waals surface area (Å²) in [5, 5.41) is 0.890. The summed E-state index contributed by atoms with van der Waals surface area (Å²) in [6, 6.07) is 12.7. The molecule has 0 heterocycles. The summed E-state index contributed by atoms with van der Waals surface area (Å²) in [6.07, 6.45) is 0.290. The van der Waals surface area contributed by atoms with E-state index in [-0.39, 0.29) is 5.97 Å². The van der Waals surface area contributed by atoms with Crippen LogP contribution in [0.2, 0.25) is 10.0 Å². The van der Waals surface area contributed by atoms with Gasteiger partial charge in [-0.25, -0.2) is 0 Å². The van der Waals surface area contributed by atoms with Gasteiger partial charge < -0.3 is 4.74 Å². The minimum Gasteiger partial charge on any atom is -0.426 e. The van der Waals surface area contributed by atoms with Crippen LogP contribution in [0.1, 0.15) is 13.3 Å². The molecule has 0 fully saturated rings. The third-order valence-corrected chi connectivity index (χ3v) is 3.11. The van der Waals surface area contributed by atoms with E-state index in [0.717, 1.165) is 5.56 Å². The molecule has 2 aromatic carbocycles. The van der Waals surface area contributed by atoms with Gasteiger partial charge in [0.25, 0.3) is 0 Å². The molecule has 0 radical (unpaired) electrons. The maximum Gasteiger partial charge on any atom is 0.310 e. The predicted octanol–water partition coefficient (Wildman–Crippen LogP) is 4.98. The first-order chi connectivity index (χ1) is 9.11. The molecule has 98 valence electrons. The molecule has 0 aliphatic carbocycles. The SMILES string of the molecule is CCC(=O)Oc1cc(Cl)cc(Cl)c1-c1ccccc1. The molecular formula is C15H12Cl2O2. The van der Waals surface area contributed by atoms with E-state index in [0.29, 0.717) is 27.8 Å². The van der Waals surface area contributed by atoms with Crippen LogP contribution in [0.25, 0.3) is 11.1 Å². The molecule has 2 nitrogen and oxygen atoms in total. The minimum atomic E-state index is -0.324. The molecule has 2 aromatic rings. The Hall–Kier alpha value is -1.51. The molecule has 0 saturated carbocycles. The largest absolute Gasteiger partial charge is 0.426 e. The Morgan fingerprint density at radius 2 is 1.84 bits per heavy atom. The molecule has 2 rings (SSSR count). The van der Waals surface area contributed by atoms with E-state index in [9.17, 15) is 4.79 Å². The van der Waals surface area contributed by atoms with Crippen molar-refractivity contribution in [2.45, 2.75) is 13.3 Å². The number of hydrogen-bond donors (Lipinski definition) is 0. The lowest BCUT2D eigenvalue weighted by atomic mass is 10.0. The molecule has 0 bridgehead atoms. The van der Waals surface area contributed by atoms with Crippen molar-refractivity contribution in [3.8, 4) is 16.9 Å². The van der Waals surface area contributed by atoms with Crippen LogP contribution in [-0.4, -0.2) is 5.97 Å². The topological polar surface area (TPSA) is 26.3 Å². The summed E-state index contributed by atoms with van der Waals surface area (Å²) in [7, 11) is 0. The lowest BCUT2D eigenvalue weighted by Crippen LogP contribution is -2.06. The van der Waals surface area contributed by atoms with Crippen molar-refractivity contribution in [2.24, 2.45) is 0 Å². The van der Waals surface area contributed by atoms with Gasteiger partial charge in [-0.05, 0) is 11.6 Å². The van der Waals surface area contributed by atoms with Crippen molar-refractivity contribution >= 4 is 29.2 Å². The van der Waals surface area contributed by atoms with Gasteiger partial charge in [-0.1, -0.05) is 60.5 Å². The molecule has 0 unspecified atom stereocenters. The molecule has 4 heteroatoms. The second-order valence-corrected chi connectivity index (χ2v) is 4.80. The number of esters is 1. The Kier molecular flexibility index (Phi) is 4.46. The fraction of sp³-hybridized carbons (Fsp3) is 0.133. The molecule has 0 aliphatic heterocycles. The summed E-state index contributed by atoms with van der Waals surface area (Å²) in [5.74, 6) is 0.0612. The minimum absolute atomic E-state index is 0.290. The number of carbonyl (C=O) groups excluding carboxylic acids is 1. The monoisotopic (exact) mass is 294 g/mol. The second kappa shape index (κ2) is 6.09. The summed E-state index contributed by atoms with van der Waals surface area (Å²) >= 11 is 12.2. The van der Waals surface area contributed by atoms with Crippen LogP contribution < -0.4 is 4.74 Å². The lowest BCUT2D eigenvalue weighted by Gasteiger charge is -2.12. The zero-order valence-corrected chi connectivity index (χ0v) is 11.8. The highest BCUT2D eigenvalue weighted by atomic mass is 35.5. The number of benzene rings is 2. The van der Waals surface area contributed by atoms with Crippen LogP contribution in [-0.2, 0) is 4.79 Å². The Balaban J connectivity index is 2.55. The van der Waals surface area contributed by atoms with Crippen LogP contribution in [0.4, 0.5) is 0 Å². The molecule has 0 N–H and O–H groups in total. The average molecular weight is 295 g/mol. The van der Waals surface area contributed by atoms with E-state index in [1.807, 2.05) is 30.3 Å². The van der Waals surface area contributed by atoms with Crippen molar-refractivity contribution in [3.05, 3.63) is 52.5 Å². The molecule has 0 amide bonds. The highest BCUT2D eigenvalue weighted by Crippen LogP contribution is 2.39. The first kappa shape index (κ1) is 13.9. The van der Waals surface area contributed by atoms with E-state index in [1.54, 1.807) is 19.1 Å². The maximum atomic E-state index is 11.5. The first-order valence-corrected chi connectivity index (χ1v) is 6.62. The first-order valence-electron chi connectivity index (χ1n) is 5.87. The van der Waals surface area contributed by atoms with E-state index < -0.39 is 0 Å². The zero-order chi connectivity index (χ0) is 13.8. The van der Waals surface area contributed by atoms with Gasteiger partial charge in [0.1, 0.15) is 5.75 Å². The quantitative estimate of drug-likeness (QED) is 0.590. The van der Waals surface area contributed by atoms with Gasteiger partial charge in [0.15, 0.2) is 0 Å². The Labute approximate surface area is 121 Å². The molecule has 19 heavy (non-hydrogen) atoms. The van der Waals surface area contributed by atoms with Crippen molar-refractivity contribution in [1.29, 1.82) is 0 Å².